The van der Waals surface area contributed by atoms with Gasteiger partial charge in [-0.2, -0.15) is 0 Å². The smallest absolute Gasteiger partial charge is 0.0589 e. The van der Waals surface area contributed by atoms with E-state index in [1.54, 1.807) is 7.11 Å². The van der Waals surface area contributed by atoms with Gasteiger partial charge in [-0.1, -0.05) is 19.8 Å². The van der Waals surface area contributed by atoms with Gasteiger partial charge in [0.15, 0.2) is 0 Å². The summed E-state index contributed by atoms with van der Waals surface area (Å²) in [6, 6.07) is 1.53. The van der Waals surface area contributed by atoms with Gasteiger partial charge in [-0.15, -0.1) is 0 Å². The van der Waals surface area contributed by atoms with Gasteiger partial charge in [0.1, 0.15) is 0 Å². The molecule has 0 aromatic carbocycles. The van der Waals surface area contributed by atoms with E-state index >= 15 is 0 Å². The number of piperidine rings is 1. The molecule has 106 valence electrons. The highest BCUT2D eigenvalue weighted by molar-refractivity contribution is 4.90. The van der Waals surface area contributed by atoms with E-state index in [9.17, 15) is 0 Å². The second kappa shape index (κ2) is 7.46. The maximum Gasteiger partial charge on any atom is 0.0589 e. The summed E-state index contributed by atoms with van der Waals surface area (Å²) in [6.07, 6.45) is 8.58. The van der Waals surface area contributed by atoms with E-state index < -0.39 is 0 Å². The predicted octanol–water partition coefficient (Wildman–Crippen LogP) is 2.27. The number of fused-ring (bicyclic) bond motifs is 1. The Balaban J connectivity index is 1.75. The fourth-order valence-corrected chi connectivity index (χ4v) is 3.63. The first-order valence-corrected chi connectivity index (χ1v) is 7.80. The summed E-state index contributed by atoms with van der Waals surface area (Å²) in [4.78, 5) is 2.52. The van der Waals surface area contributed by atoms with E-state index in [0.717, 1.165) is 31.7 Å². The van der Waals surface area contributed by atoms with Crippen molar-refractivity contribution in [3.8, 4) is 0 Å². The second-order valence-corrected chi connectivity index (χ2v) is 5.98. The minimum Gasteiger partial charge on any atom is -0.383 e. The molecule has 0 aromatic rings. The highest BCUT2D eigenvalue weighted by Gasteiger charge is 2.31. The third-order valence-electron chi connectivity index (χ3n) is 4.78. The summed E-state index contributed by atoms with van der Waals surface area (Å²) in [5.41, 5.74) is 0. The van der Waals surface area contributed by atoms with Gasteiger partial charge >= 0.3 is 0 Å². The molecule has 3 heteroatoms. The third-order valence-corrected chi connectivity index (χ3v) is 4.78. The van der Waals surface area contributed by atoms with Crippen molar-refractivity contribution in [3.63, 3.8) is 0 Å². The van der Waals surface area contributed by atoms with Crippen LogP contribution in [0.4, 0.5) is 0 Å². The van der Waals surface area contributed by atoms with Gasteiger partial charge in [-0.25, -0.2) is 0 Å². The molecule has 0 radical (unpaired) electrons. The van der Waals surface area contributed by atoms with Crippen molar-refractivity contribution in [2.75, 3.05) is 33.4 Å². The van der Waals surface area contributed by atoms with Crippen LogP contribution in [0.25, 0.3) is 0 Å². The number of nitrogens with zero attached hydrogens (tertiary/aromatic N) is 1. The summed E-state index contributed by atoms with van der Waals surface area (Å²) in [6.45, 7) is 6.51. The fourth-order valence-electron chi connectivity index (χ4n) is 3.63. The quantitative estimate of drug-likeness (QED) is 0.787. The number of likely N-dealkylation sites (N-methyl/N-ethyl adjacent to an activating group) is 1. The van der Waals surface area contributed by atoms with Crippen LogP contribution in [0.3, 0.4) is 0 Å². The van der Waals surface area contributed by atoms with Crippen LogP contribution >= 0.6 is 0 Å². The van der Waals surface area contributed by atoms with E-state index in [1.807, 2.05) is 0 Å². The molecule has 1 saturated carbocycles. The van der Waals surface area contributed by atoms with Crippen molar-refractivity contribution in [3.05, 3.63) is 0 Å². The van der Waals surface area contributed by atoms with Crippen molar-refractivity contribution in [1.82, 2.24) is 10.2 Å². The minimum atomic E-state index is 0.709. The maximum atomic E-state index is 5.19. The summed E-state index contributed by atoms with van der Waals surface area (Å²) in [7, 11) is 1.79. The fraction of sp³-hybridized carbons (Fsp3) is 1.00. The van der Waals surface area contributed by atoms with Crippen LogP contribution in [-0.4, -0.2) is 50.3 Å². The van der Waals surface area contributed by atoms with Gasteiger partial charge < -0.3 is 10.1 Å². The van der Waals surface area contributed by atoms with Gasteiger partial charge in [0.25, 0.3) is 0 Å². The van der Waals surface area contributed by atoms with Crippen LogP contribution in [0.2, 0.25) is 0 Å². The SMILES string of the molecule is CCN(CCOC)CC1CCC2CCCCC2N1. The molecule has 3 unspecified atom stereocenters. The largest absolute Gasteiger partial charge is 0.383 e. The lowest BCUT2D eigenvalue weighted by Crippen LogP contribution is -2.53. The Hall–Kier alpha value is -0.120. The zero-order chi connectivity index (χ0) is 12.8. The van der Waals surface area contributed by atoms with Gasteiger partial charge in [0, 0.05) is 32.3 Å². The third kappa shape index (κ3) is 3.94. The molecule has 18 heavy (non-hydrogen) atoms. The average molecular weight is 254 g/mol. The molecule has 0 spiro atoms. The Bertz CT molecular complexity index is 235. The van der Waals surface area contributed by atoms with E-state index in [-0.39, 0.29) is 0 Å². The molecule has 1 aliphatic heterocycles. The first-order valence-electron chi connectivity index (χ1n) is 7.80. The lowest BCUT2D eigenvalue weighted by atomic mass is 9.78. The van der Waals surface area contributed by atoms with Gasteiger partial charge in [0.05, 0.1) is 6.61 Å². The second-order valence-electron chi connectivity index (χ2n) is 5.98. The van der Waals surface area contributed by atoms with Crippen LogP contribution in [0.5, 0.6) is 0 Å². The average Bonchev–Trinajstić information content (AvgIpc) is 2.43. The first-order chi connectivity index (χ1) is 8.83. The molecule has 2 rings (SSSR count). The number of rotatable bonds is 6. The highest BCUT2D eigenvalue weighted by atomic mass is 16.5. The van der Waals surface area contributed by atoms with Crippen molar-refractivity contribution in [2.45, 2.75) is 57.5 Å². The summed E-state index contributed by atoms with van der Waals surface area (Å²) in [5, 5.41) is 3.91. The predicted molar refractivity (Wildman–Crippen MR) is 75.9 cm³/mol. The normalized spacial score (nSPS) is 32.5. The lowest BCUT2D eigenvalue weighted by molar-refractivity contribution is 0.119. The molecule has 2 aliphatic rings. The Kier molecular flexibility index (Phi) is 5.93. The van der Waals surface area contributed by atoms with Crippen LogP contribution < -0.4 is 5.32 Å². The van der Waals surface area contributed by atoms with Gasteiger partial charge in [-0.05, 0) is 38.1 Å². The molecule has 1 heterocycles. The molecule has 0 bridgehead atoms. The van der Waals surface area contributed by atoms with Crippen molar-refractivity contribution in [1.29, 1.82) is 0 Å². The molecular formula is C15H30N2O. The highest BCUT2D eigenvalue weighted by Crippen LogP contribution is 2.32. The summed E-state index contributed by atoms with van der Waals surface area (Å²) >= 11 is 0. The number of hydrogen-bond donors (Lipinski definition) is 1. The minimum absolute atomic E-state index is 0.709. The Labute approximate surface area is 112 Å². The Morgan fingerprint density at radius 2 is 2.00 bits per heavy atom. The zero-order valence-electron chi connectivity index (χ0n) is 12.2. The molecule has 1 saturated heterocycles. The monoisotopic (exact) mass is 254 g/mol. The zero-order valence-corrected chi connectivity index (χ0v) is 12.2. The molecular weight excluding hydrogens is 224 g/mol. The first kappa shape index (κ1) is 14.3. The van der Waals surface area contributed by atoms with E-state index in [1.165, 1.54) is 45.1 Å². The van der Waals surface area contributed by atoms with Crippen LogP contribution in [0.1, 0.15) is 45.4 Å². The summed E-state index contributed by atoms with van der Waals surface area (Å²) < 4.78 is 5.19. The Morgan fingerprint density at radius 1 is 1.17 bits per heavy atom. The van der Waals surface area contributed by atoms with Crippen LogP contribution in [-0.2, 0) is 4.74 Å². The number of nitrogens with one attached hydrogen (secondary N) is 1. The summed E-state index contributed by atoms with van der Waals surface area (Å²) in [5.74, 6) is 0.976. The standard InChI is InChI=1S/C15H30N2O/c1-3-17(10-11-18-2)12-14-9-8-13-6-4-5-7-15(13)16-14/h13-16H,3-12H2,1-2H3. The van der Waals surface area contributed by atoms with E-state index in [0.29, 0.717) is 6.04 Å². The van der Waals surface area contributed by atoms with Crippen LogP contribution in [0, 0.1) is 5.92 Å². The van der Waals surface area contributed by atoms with E-state index in [4.69, 9.17) is 4.74 Å². The number of ether oxygens (including phenoxy) is 1. The number of hydrogen-bond acceptors (Lipinski definition) is 3. The van der Waals surface area contributed by atoms with Crippen molar-refractivity contribution >= 4 is 0 Å². The van der Waals surface area contributed by atoms with Crippen LogP contribution in [0.15, 0.2) is 0 Å². The maximum absolute atomic E-state index is 5.19. The molecule has 0 aromatic heterocycles. The number of methoxy groups -OCH3 is 1. The molecule has 2 fully saturated rings. The van der Waals surface area contributed by atoms with Crippen molar-refractivity contribution < 1.29 is 4.74 Å². The molecule has 3 atom stereocenters. The van der Waals surface area contributed by atoms with Gasteiger partial charge in [-0.3, -0.25) is 4.90 Å². The molecule has 1 N–H and O–H groups in total. The topological polar surface area (TPSA) is 24.5 Å². The van der Waals surface area contributed by atoms with Crippen molar-refractivity contribution in [2.24, 2.45) is 5.92 Å². The molecule has 1 aliphatic carbocycles. The van der Waals surface area contributed by atoms with E-state index in [2.05, 4.69) is 17.1 Å². The Morgan fingerprint density at radius 3 is 2.78 bits per heavy atom. The lowest BCUT2D eigenvalue weighted by Gasteiger charge is -2.41. The molecule has 3 nitrogen and oxygen atoms in total. The molecule has 0 amide bonds. The van der Waals surface area contributed by atoms with Gasteiger partial charge in [0.2, 0.25) is 0 Å².